The maximum Gasteiger partial charge on any atom is 0.247 e. The molecule has 4 aromatic rings. The standard InChI is InChI=1S/C28H26ClN3O4S/c29-23-9-5-11-26(17-23)37(34,35)32-27(28(33)31-24-10-4-8-21(16-24)18-30)22-12-14-25(15-13-22)36-19-20-6-2-1-3-7-20/h1-17,27,32H,18-19,30H2,(H,31,33)/t27-/m1/s1. The first kappa shape index (κ1) is 26.4. The van der Waals surface area contributed by atoms with Crippen molar-refractivity contribution in [3.8, 4) is 5.75 Å². The maximum atomic E-state index is 13.4. The Balaban J connectivity index is 1.59. The van der Waals surface area contributed by atoms with E-state index in [1.54, 1.807) is 48.5 Å². The summed E-state index contributed by atoms with van der Waals surface area (Å²) >= 11 is 6.00. The lowest BCUT2D eigenvalue weighted by Crippen LogP contribution is -2.37. The molecule has 1 amide bonds. The largest absolute Gasteiger partial charge is 0.489 e. The molecule has 190 valence electrons. The van der Waals surface area contributed by atoms with Gasteiger partial charge < -0.3 is 15.8 Å². The van der Waals surface area contributed by atoms with Crippen molar-refractivity contribution in [2.24, 2.45) is 5.73 Å². The van der Waals surface area contributed by atoms with E-state index in [1.165, 1.54) is 18.2 Å². The minimum atomic E-state index is -4.08. The molecule has 0 fully saturated rings. The van der Waals surface area contributed by atoms with Crippen LogP contribution in [0.15, 0.2) is 108 Å². The molecule has 0 spiro atoms. The summed E-state index contributed by atoms with van der Waals surface area (Å²) < 4.78 is 34.7. The van der Waals surface area contributed by atoms with Crippen LogP contribution in [0, 0.1) is 0 Å². The molecule has 0 bridgehead atoms. The van der Waals surface area contributed by atoms with Crippen LogP contribution < -0.4 is 20.5 Å². The van der Waals surface area contributed by atoms with E-state index in [4.69, 9.17) is 22.1 Å². The number of sulfonamides is 1. The van der Waals surface area contributed by atoms with Gasteiger partial charge in [-0.2, -0.15) is 4.72 Å². The molecule has 37 heavy (non-hydrogen) atoms. The normalized spacial score (nSPS) is 12.1. The van der Waals surface area contributed by atoms with Crippen molar-refractivity contribution in [2.75, 3.05) is 5.32 Å². The van der Waals surface area contributed by atoms with Crippen molar-refractivity contribution in [1.82, 2.24) is 4.72 Å². The zero-order valence-electron chi connectivity index (χ0n) is 19.8. The van der Waals surface area contributed by atoms with Gasteiger partial charge in [-0.1, -0.05) is 72.3 Å². The van der Waals surface area contributed by atoms with Crippen molar-refractivity contribution < 1.29 is 17.9 Å². The Morgan fingerprint density at radius 1 is 0.865 bits per heavy atom. The number of carbonyl (C=O) groups excluding carboxylic acids is 1. The third-order valence-electron chi connectivity index (χ3n) is 5.53. The fourth-order valence-corrected chi connectivity index (χ4v) is 5.10. The monoisotopic (exact) mass is 535 g/mol. The van der Waals surface area contributed by atoms with Crippen molar-refractivity contribution in [3.63, 3.8) is 0 Å². The van der Waals surface area contributed by atoms with Gasteiger partial charge in [-0.25, -0.2) is 8.42 Å². The molecule has 7 nitrogen and oxygen atoms in total. The summed E-state index contributed by atoms with van der Waals surface area (Å²) in [4.78, 5) is 13.3. The highest BCUT2D eigenvalue weighted by molar-refractivity contribution is 7.89. The second-order valence-electron chi connectivity index (χ2n) is 8.25. The molecular formula is C28H26ClN3O4S. The fourth-order valence-electron chi connectivity index (χ4n) is 3.62. The second kappa shape index (κ2) is 12.0. The number of ether oxygens (including phenoxy) is 1. The molecular weight excluding hydrogens is 510 g/mol. The van der Waals surface area contributed by atoms with E-state index < -0.39 is 22.0 Å². The Kier molecular flexibility index (Phi) is 8.58. The van der Waals surface area contributed by atoms with Crippen LogP contribution in [0.2, 0.25) is 5.02 Å². The van der Waals surface area contributed by atoms with Crippen LogP contribution >= 0.6 is 11.6 Å². The van der Waals surface area contributed by atoms with Crippen LogP contribution in [0.25, 0.3) is 0 Å². The second-order valence-corrected chi connectivity index (χ2v) is 10.4. The van der Waals surface area contributed by atoms with Gasteiger partial charge in [0.25, 0.3) is 0 Å². The zero-order valence-corrected chi connectivity index (χ0v) is 21.4. The van der Waals surface area contributed by atoms with Crippen LogP contribution in [-0.2, 0) is 28.0 Å². The summed E-state index contributed by atoms with van der Waals surface area (Å²) in [6, 6.07) is 28.1. The summed E-state index contributed by atoms with van der Waals surface area (Å²) in [5.41, 5.74) is 8.49. The molecule has 0 heterocycles. The molecule has 0 aromatic heterocycles. The molecule has 4 rings (SSSR count). The number of nitrogens with two attached hydrogens (primary N) is 1. The van der Waals surface area contributed by atoms with Gasteiger partial charge in [0.2, 0.25) is 15.9 Å². The zero-order chi connectivity index (χ0) is 26.3. The number of anilines is 1. The maximum absolute atomic E-state index is 13.4. The molecule has 0 aliphatic heterocycles. The van der Waals surface area contributed by atoms with Crippen molar-refractivity contribution >= 4 is 33.2 Å². The van der Waals surface area contributed by atoms with E-state index in [0.717, 1.165) is 11.1 Å². The molecule has 1 atom stereocenters. The lowest BCUT2D eigenvalue weighted by Gasteiger charge is -2.20. The first-order chi connectivity index (χ1) is 17.8. The average molecular weight is 536 g/mol. The highest BCUT2D eigenvalue weighted by Crippen LogP contribution is 2.24. The Morgan fingerprint density at radius 3 is 2.27 bits per heavy atom. The fraction of sp³-hybridized carbons (Fsp3) is 0.107. The van der Waals surface area contributed by atoms with E-state index in [0.29, 0.717) is 30.2 Å². The van der Waals surface area contributed by atoms with E-state index in [9.17, 15) is 13.2 Å². The van der Waals surface area contributed by atoms with Gasteiger partial charge in [0.1, 0.15) is 18.4 Å². The Hall–Kier alpha value is -3.69. The molecule has 0 aliphatic carbocycles. The van der Waals surface area contributed by atoms with E-state index in [-0.39, 0.29) is 9.92 Å². The number of carbonyl (C=O) groups is 1. The smallest absolute Gasteiger partial charge is 0.247 e. The molecule has 4 aromatic carbocycles. The van der Waals surface area contributed by atoms with Gasteiger partial charge in [0.15, 0.2) is 0 Å². The van der Waals surface area contributed by atoms with E-state index in [2.05, 4.69) is 10.0 Å². The average Bonchev–Trinajstić information content (AvgIpc) is 2.91. The van der Waals surface area contributed by atoms with Gasteiger partial charge in [-0.05, 0) is 59.2 Å². The first-order valence-electron chi connectivity index (χ1n) is 11.5. The summed E-state index contributed by atoms with van der Waals surface area (Å²) in [5, 5.41) is 3.05. The number of hydrogen-bond acceptors (Lipinski definition) is 5. The van der Waals surface area contributed by atoms with Crippen LogP contribution in [0.1, 0.15) is 22.7 Å². The molecule has 0 unspecified atom stereocenters. The number of rotatable bonds is 10. The number of halogens is 1. The third-order valence-corrected chi connectivity index (χ3v) is 7.19. The van der Waals surface area contributed by atoms with Crippen LogP contribution in [0.3, 0.4) is 0 Å². The number of nitrogens with one attached hydrogen (secondary N) is 2. The van der Waals surface area contributed by atoms with Crippen LogP contribution in [0.4, 0.5) is 5.69 Å². The van der Waals surface area contributed by atoms with Crippen molar-refractivity contribution in [2.45, 2.75) is 24.1 Å². The first-order valence-corrected chi connectivity index (χ1v) is 13.3. The van der Waals surface area contributed by atoms with Crippen LogP contribution in [-0.4, -0.2) is 14.3 Å². The molecule has 0 radical (unpaired) electrons. The number of benzene rings is 4. The molecule has 4 N–H and O–H groups in total. The summed E-state index contributed by atoms with van der Waals surface area (Å²) in [6.45, 7) is 0.682. The Morgan fingerprint density at radius 2 is 1.57 bits per heavy atom. The van der Waals surface area contributed by atoms with E-state index in [1.807, 2.05) is 36.4 Å². The van der Waals surface area contributed by atoms with Gasteiger partial charge in [-0.3, -0.25) is 4.79 Å². The highest BCUT2D eigenvalue weighted by Gasteiger charge is 2.28. The molecule has 9 heteroatoms. The minimum absolute atomic E-state index is 0.0502. The minimum Gasteiger partial charge on any atom is -0.489 e. The van der Waals surface area contributed by atoms with Crippen LogP contribution in [0.5, 0.6) is 5.75 Å². The number of hydrogen-bond donors (Lipinski definition) is 3. The van der Waals surface area contributed by atoms with Crippen molar-refractivity contribution in [3.05, 3.63) is 125 Å². The lowest BCUT2D eigenvalue weighted by molar-refractivity contribution is -0.117. The summed E-state index contributed by atoms with van der Waals surface area (Å²) in [5.74, 6) is 0.0258. The topological polar surface area (TPSA) is 111 Å². The van der Waals surface area contributed by atoms with Gasteiger partial charge >= 0.3 is 0 Å². The van der Waals surface area contributed by atoms with Gasteiger partial charge in [0.05, 0.1) is 4.90 Å². The number of amides is 1. The summed E-state index contributed by atoms with van der Waals surface area (Å²) in [7, 11) is -4.08. The van der Waals surface area contributed by atoms with E-state index >= 15 is 0 Å². The Bertz CT molecular complexity index is 1460. The highest BCUT2D eigenvalue weighted by atomic mass is 35.5. The van der Waals surface area contributed by atoms with Gasteiger partial charge in [0, 0.05) is 17.3 Å². The molecule has 0 saturated carbocycles. The Labute approximate surface area is 221 Å². The summed E-state index contributed by atoms with van der Waals surface area (Å²) in [6.07, 6.45) is 0. The third kappa shape index (κ3) is 7.18. The predicted octanol–water partition coefficient (Wildman–Crippen LogP) is 5.04. The quantitative estimate of drug-likeness (QED) is 0.263. The van der Waals surface area contributed by atoms with Crippen molar-refractivity contribution in [1.29, 1.82) is 0 Å². The lowest BCUT2D eigenvalue weighted by atomic mass is 10.1. The molecule has 0 saturated heterocycles. The SMILES string of the molecule is NCc1cccc(NC(=O)[C@H](NS(=O)(=O)c2cccc(Cl)c2)c2ccc(OCc3ccccc3)cc2)c1. The predicted molar refractivity (Wildman–Crippen MR) is 145 cm³/mol. The molecule has 0 aliphatic rings. The van der Waals surface area contributed by atoms with Gasteiger partial charge in [-0.15, -0.1) is 0 Å².